The maximum atomic E-state index is 11.8. The van der Waals surface area contributed by atoms with Crippen LogP contribution >= 0.6 is 0 Å². The molecule has 0 aromatic heterocycles. The van der Waals surface area contributed by atoms with Crippen LogP contribution in [0.1, 0.15) is 5.56 Å². The molecule has 1 N–H and O–H groups in total. The number of phenolic OH excluding ortho intramolecular Hbond substituents is 1. The van der Waals surface area contributed by atoms with Crippen molar-refractivity contribution in [1.29, 1.82) is 0 Å². The van der Waals surface area contributed by atoms with Crippen LogP contribution in [-0.2, 0) is 6.18 Å². The van der Waals surface area contributed by atoms with E-state index in [1.165, 1.54) is 0 Å². The summed E-state index contributed by atoms with van der Waals surface area (Å²) in [5, 5.41) is 25.3. The summed E-state index contributed by atoms with van der Waals surface area (Å²) < 4.78 is 35.5. The Labute approximate surface area is 180 Å². The minimum atomic E-state index is -4.33. The predicted octanol–water partition coefficient (Wildman–Crippen LogP) is -6.03. The molecule has 17 heavy (non-hydrogen) atoms. The Morgan fingerprint density at radius 1 is 1.06 bits per heavy atom. The number of carboxylic acid groups (broad SMARTS) is 2. The number of hydrogen-bond acceptors (Lipinski definition) is 4. The molecule has 0 aliphatic rings. The summed E-state index contributed by atoms with van der Waals surface area (Å²) in [6.45, 7) is 0. The molecule has 0 unspecified atom stereocenters. The summed E-state index contributed by atoms with van der Waals surface area (Å²) in [6.07, 6.45) is -6.66. The first-order chi connectivity index (χ1) is 6.73. The van der Waals surface area contributed by atoms with E-state index in [9.17, 15) is 13.2 Å². The van der Waals surface area contributed by atoms with E-state index in [2.05, 4.69) is 0 Å². The maximum Gasteiger partial charge on any atom is 1.00 e. The Morgan fingerprint density at radius 3 is 1.59 bits per heavy atom. The van der Waals surface area contributed by atoms with Crippen molar-refractivity contribution in [3.63, 3.8) is 0 Å². The van der Waals surface area contributed by atoms with Crippen molar-refractivity contribution in [2.75, 3.05) is 0 Å². The van der Waals surface area contributed by atoms with E-state index in [0.29, 0.717) is 0 Å². The van der Waals surface area contributed by atoms with E-state index in [-0.39, 0.29) is 109 Å². The molecule has 0 spiro atoms. The number of phenols is 1. The molecule has 0 aliphatic carbocycles. The third-order valence-corrected chi connectivity index (χ3v) is 1.19. The van der Waals surface area contributed by atoms with Crippen LogP contribution in [0.3, 0.4) is 0 Å². The molecule has 0 fully saturated rings. The first kappa shape index (κ1) is 23.4. The van der Waals surface area contributed by atoms with Crippen molar-refractivity contribution in [2.24, 2.45) is 0 Å². The van der Waals surface area contributed by atoms with Crippen LogP contribution in [0.15, 0.2) is 24.3 Å². The molecule has 0 atom stereocenters. The molecule has 0 amide bonds. The summed E-state index contributed by atoms with van der Waals surface area (Å²) in [4.78, 5) is 8.33. The fourth-order valence-electron chi connectivity index (χ4n) is 0.650. The number of carbonyl (C=O) groups excluding carboxylic acids is 1. The Hall–Kier alpha value is 1.35. The second-order valence-electron chi connectivity index (χ2n) is 2.29. The third kappa shape index (κ3) is 13.6. The van der Waals surface area contributed by atoms with E-state index in [1.54, 1.807) is 0 Å². The van der Waals surface area contributed by atoms with Gasteiger partial charge in [0.25, 0.3) is 0 Å². The largest absolute Gasteiger partial charge is 1.00 e. The molecule has 0 aliphatic heterocycles. The smallest absolute Gasteiger partial charge is 0.652 e. The summed E-state index contributed by atoms with van der Waals surface area (Å²) in [7, 11) is 0. The molecule has 4 nitrogen and oxygen atoms in total. The fourth-order valence-corrected chi connectivity index (χ4v) is 0.650. The van der Waals surface area contributed by atoms with E-state index < -0.39 is 17.9 Å². The molecule has 0 heterocycles. The van der Waals surface area contributed by atoms with E-state index in [1.807, 2.05) is 0 Å². The summed E-state index contributed by atoms with van der Waals surface area (Å²) >= 11 is 0. The zero-order chi connectivity index (χ0) is 12.1. The third-order valence-electron chi connectivity index (χ3n) is 1.19. The second-order valence-corrected chi connectivity index (χ2v) is 2.29. The van der Waals surface area contributed by atoms with E-state index >= 15 is 0 Å². The van der Waals surface area contributed by atoms with Crippen molar-refractivity contribution in [3.05, 3.63) is 29.8 Å². The van der Waals surface area contributed by atoms with Crippen LogP contribution in [0.4, 0.5) is 18.0 Å². The van der Waals surface area contributed by atoms with E-state index in [4.69, 9.17) is 20.1 Å². The Kier molecular flexibility index (Phi) is 15.4. The Bertz CT molecular complexity index is 323. The van der Waals surface area contributed by atoms with Gasteiger partial charge in [-0.2, -0.15) is 13.2 Å². The predicted molar refractivity (Wildman–Crippen MR) is 38.5 cm³/mol. The minimum Gasteiger partial charge on any atom is -0.652 e. The Balaban J connectivity index is -0.000000289. The van der Waals surface area contributed by atoms with Crippen LogP contribution in [-0.4, -0.2) is 11.3 Å². The van der Waals surface area contributed by atoms with Crippen molar-refractivity contribution in [3.8, 4) is 5.75 Å². The normalized spacial score (nSPS) is 8.88. The van der Waals surface area contributed by atoms with Gasteiger partial charge in [0, 0.05) is 0 Å². The first-order valence-electron chi connectivity index (χ1n) is 3.47. The molecule has 0 bridgehead atoms. The average molecular weight is 300 g/mol. The zero-order valence-electron chi connectivity index (χ0n) is 9.12. The number of hydrogen-bond donors (Lipinski definition) is 1. The molecule has 0 saturated heterocycles. The number of aromatic hydroxyl groups is 1. The topological polar surface area (TPSA) is 83.4 Å². The van der Waals surface area contributed by atoms with Crippen LogP contribution in [0.2, 0.25) is 0 Å². The summed E-state index contributed by atoms with van der Waals surface area (Å²) in [5.41, 5.74) is -0.754. The van der Waals surface area contributed by atoms with Gasteiger partial charge < -0.3 is 20.1 Å². The summed E-state index contributed by atoms with van der Waals surface area (Å²) in [5.74, 6) is -0.169. The van der Waals surface area contributed by atoms with Crippen molar-refractivity contribution in [2.45, 2.75) is 6.18 Å². The molecule has 0 radical (unpaired) electrons. The molecular formula is C8H5F3K2O4. The van der Waals surface area contributed by atoms with Gasteiger partial charge in [0.15, 0.2) is 0 Å². The number of halogens is 3. The first-order valence-corrected chi connectivity index (χ1v) is 3.47. The molecule has 84 valence electrons. The van der Waals surface area contributed by atoms with Crippen LogP contribution < -0.4 is 113 Å². The average Bonchev–Trinajstić information content (AvgIpc) is 2.01. The SMILES string of the molecule is O=C([O-])[O-].Oc1ccc(C(F)(F)F)cc1.[K+].[K+]. The van der Waals surface area contributed by atoms with Gasteiger partial charge in [-0.3, -0.25) is 0 Å². The van der Waals surface area contributed by atoms with Gasteiger partial charge in [-0.1, -0.05) is 0 Å². The van der Waals surface area contributed by atoms with Gasteiger partial charge in [-0.25, -0.2) is 0 Å². The quantitative estimate of drug-likeness (QED) is 0.484. The van der Waals surface area contributed by atoms with Crippen LogP contribution in [0.5, 0.6) is 5.75 Å². The monoisotopic (exact) mass is 300 g/mol. The van der Waals surface area contributed by atoms with Gasteiger partial charge >= 0.3 is 109 Å². The Morgan fingerprint density at radius 2 is 1.35 bits per heavy atom. The van der Waals surface area contributed by atoms with Crippen LogP contribution in [0, 0.1) is 0 Å². The van der Waals surface area contributed by atoms with Gasteiger partial charge in [0.1, 0.15) is 5.75 Å². The number of rotatable bonds is 0. The van der Waals surface area contributed by atoms with Gasteiger partial charge in [0.05, 0.1) is 5.56 Å². The van der Waals surface area contributed by atoms with Crippen molar-refractivity contribution in [1.82, 2.24) is 0 Å². The summed E-state index contributed by atoms with van der Waals surface area (Å²) in [6, 6.07) is 3.66. The number of benzene rings is 1. The van der Waals surface area contributed by atoms with E-state index in [0.717, 1.165) is 24.3 Å². The van der Waals surface area contributed by atoms with Gasteiger partial charge in [-0.15, -0.1) is 0 Å². The molecule has 1 aromatic carbocycles. The minimum absolute atomic E-state index is 0. The maximum absolute atomic E-state index is 11.8. The van der Waals surface area contributed by atoms with Crippen molar-refractivity contribution >= 4 is 6.16 Å². The molecular weight excluding hydrogens is 295 g/mol. The van der Waals surface area contributed by atoms with Crippen LogP contribution in [0.25, 0.3) is 0 Å². The standard InChI is InChI=1S/C7H5F3O.CH2O3.2K/c8-7(9,10)5-1-3-6(11)4-2-5;2-1(3)4;;/h1-4,11H;(H2,2,3,4);;/q;;2*+1/p-2. The molecule has 0 saturated carbocycles. The molecule has 1 aromatic rings. The number of alkyl halides is 3. The molecule has 9 heteroatoms. The molecule has 1 rings (SSSR count). The second kappa shape index (κ2) is 11.2. The zero-order valence-corrected chi connectivity index (χ0v) is 15.4. The van der Waals surface area contributed by atoms with Gasteiger partial charge in [0.2, 0.25) is 0 Å². The van der Waals surface area contributed by atoms with Gasteiger partial charge in [-0.05, 0) is 30.4 Å². The van der Waals surface area contributed by atoms with Crippen molar-refractivity contribution < 1.29 is 136 Å². The number of carbonyl (C=O) groups is 1. The fraction of sp³-hybridized carbons (Fsp3) is 0.125.